The van der Waals surface area contributed by atoms with Crippen LogP contribution < -0.4 is 16.6 Å². The van der Waals surface area contributed by atoms with E-state index in [4.69, 9.17) is 5.84 Å². The summed E-state index contributed by atoms with van der Waals surface area (Å²) in [5.74, 6) is 5.31. The van der Waals surface area contributed by atoms with Crippen molar-refractivity contribution < 1.29 is 4.79 Å². The molecular weight excluding hydrogens is 250 g/mol. The van der Waals surface area contributed by atoms with Gasteiger partial charge in [-0.1, -0.05) is 42.0 Å². The number of hydrazine groups is 1. The molecule has 4 N–H and O–H groups in total. The Hall–Kier alpha value is -2.33. The molecule has 0 aliphatic rings. The minimum atomic E-state index is -0.113. The third kappa shape index (κ3) is 3.59. The maximum atomic E-state index is 12.2. The number of carbonyl (C=O) groups is 1. The minimum Gasteiger partial charge on any atom is -0.352 e. The second kappa shape index (κ2) is 6.73. The Kier molecular flexibility index (Phi) is 4.74. The topological polar surface area (TPSA) is 67.1 Å². The molecule has 0 radical (unpaired) electrons. The zero-order chi connectivity index (χ0) is 14.4. The molecule has 0 fully saturated rings. The van der Waals surface area contributed by atoms with Gasteiger partial charge in [0, 0.05) is 6.54 Å². The SMILES string of the molecule is Cc1ccc(NN)c(C(=O)NCCc2ccccc2)c1. The summed E-state index contributed by atoms with van der Waals surface area (Å²) in [4.78, 5) is 12.2. The maximum absolute atomic E-state index is 12.2. The Labute approximate surface area is 119 Å². The van der Waals surface area contributed by atoms with Crippen LogP contribution in [0, 0.1) is 6.92 Å². The van der Waals surface area contributed by atoms with Gasteiger partial charge in [-0.15, -0.1) is 0 Å². The largest absolute Gasteiger partial charge is 0.352 e. The van der Waals surface area contributed by atoms with Crippen LogP contribution in [0.2, 0.25) is 0 Å². The predicted molar refractivity (Wildman–Crippen MR) is 81.5 cm³/mol. The molecule has 4 nitrogen and oxygen atoms in total. The quantitative estimate of drug-likeness (QED) is 0.576. The van der Waals surface area contributed by atoms with Crippen LogP contribution in [0.5, 0.6) is 0 Å². The molecular formula is C16H19N3O. The molecule has 0 heterocycles. The highest BCUT2D eigenvalue weighted by molar-refractivity contribution is 5.99. The summed E-state index contributed by atoms with van der Waals surface area (Å²) < 4.78 is 0. The van der Waals surface area contributed by atoms with Gasteiger partial charge < -0.3 is 10.7 Å². The second-order valence-electron chi connectivity index (χ2n) is 4.68. The molecule has 2 rings (SSSR count). The molecule has 2 aromatic rings. The summed E-state index contributed by atoms with van der Waals surface area (Å²) in [7, 11) is 0. The lowest BCUT2D eigenvalue weighted by Gasteiger charge is -2.10. The van der Waals surface area contributed by atoms with Crippen LogP contribution in [0.3, 0.4) is 0 Å². The lowest BCUT2D eigenvalue weighted by Crippen LogP contribution is -2.27. The second-order valence-corrected chi connectivity index (χ2v) is 4.68. The van der Waals surface area contributed by atoms with Crippen molar-refractivity contribution in [3.8, 4) is 0 Å². The highest BCUT2D eigenvalue weighted by Gasteiger charge is 2.10. The van der Waals surface area contributed by atoms with Gasteiger partial charge in [0.25, 0.3) is 5.91 Å². The Morgan fingerprint density at radius 1 is 1.15 bits per heavy atom. The van der Waals surface area contributed by atoms with Crippen molar-refractivity contribution in [2.24, 2.45) is 5.84 Å². The number of anilines is 1. The van der Waals surface area contributed by atoms with Crippen LogP contribution >= 0.6 is 0 Å². The van der Waals surface area contributed by atoms with Crippen molar-refractivity contribution in [1.82, 2.24) is 5.32 Å². The van der Waals surface area contributed by atoms with Gasteiger partial charge in [-0.25, -0.2) is 0 Å². The lowest BCUT2D eigenvalue weighted by atomic mass is 10.1. The summed E-state index contributed by atoms with van der Waals surface area (Å²) in [6.45, 7) is 2.54. The number of hydrogen-bond donors (Lipinski definition) is 3. The van der Waals surface area contributed by atoms with E-state index in [0.717, 1.165) is 12.0 Å². The summed E-state index contributed by atoms with van der Waals surface area (Å²) in [6, 6.07) is 15.6. The zero-order valence-corrected chi connectivity index (χ0v) is 11.5. The van der Waals surface area contributed by atoms with E-state index < -0.39 is 0 Å². The van der Waals surface area contributed by atoms with Crippen LogP contribution in [-0.4, -0.2) is 12.5 Å². The van der Waals surface area contributed by atoms with Crippen molar-refractivity contribution in [2.45, 2.75) is 13.3 Å². The number of hydrogen-bond acceptors (Lipinski definition) is 3. The van der Waals surface area contributed by atoms with E-state index >= 15 is 0 Å². The summed E-state index contributed by atoms with van der Waals surface area (Å²) in [5.41, 5.74) is 5.98. The first-order chi connectivity index (χ1) is 9.70. The number of nitrogens with one attached hydrogen (secondary N) is 2. The van der Waals surface area contributed by atoms with E-state index in [1.807, 2.05) is 49.4 Å². The number of benzene rings is 2. The summed E-state index contributed by atoms with van der Waals surface area (Å²) in [5, 5.41) is 2.91. The van der Waals surface area contributed by atoms with Crippen molar-refractivity contribution in [3.63, 3.8) is 0 Å². The number of nitrogens with two attached hydrogens (primary N) is 1. The number of amides is 1. The van der Waals surface area contributed by atoms with Crippen molar-refractivity contribution >= 4 is 11.6 Å². The van der Waals surface area contributed by atoms with Gasteiger partial charge in [0.15, 0.2) is 0 Å². The fourth-order valence-corrected chi connectivity index (χ4v) is 2.03. The van der Waals surface area contributed by atoms with Gasteiger partial charge in [0.2, 0.25) is 0 Å². The van der Waals surface area contributed by atoms with Crippen LogP contribution in [0.15, 0.2) is 48.5 Å². The highest BCUT2D eigenvalue weighted by atomic mass is 16.1. The zero-order valence-electron chi connectivity index (χ0n) is 11.5. The summed E-state index contributed by atoms with van der Waals surface area (Å²) in [6.07, 6.45) is 0.809. The van der Waals surface area contributed by atoms with E-state index in [-0.39, 0.29) is 5.91 Å². The number of nitrogen functional groups attached to an aromatic ring is 1. The molecule has 0 spiro atoms. The van der Waals surface area contributed by atoms with Gasteiger partial charge in [-0.05, 0) is 31.0 Å². The van der Waals surface area contributed by atoms with Crippen LogP contribution in [-0.2, 0) is 6.42 Å². The standard InChI is InChI=1S/C16H19N3O/c1-12-7-8-15(19-17)14(11-12)16(20)18-10-9-13-5-3-2-4-6-13/h2-8,11,19H,9-10,17H2,1H3,(H,18,20). The van der Waals surface area contributed by atoms with Crippen molar-refractivity contribution in [3.05, 3.63) is 65.2 Å². The average molecular weight is 269 g/mol. The Morgan fingerprint density at radius 2 is 1.90 bits per heavy atom. The van der Waals surface area contributed by atoms with Gasteiger partial charge in [0.1, 0.15) is 0 Å². The van der Waals surface area contributed by atoms with Crippen molar-refractivity contribution in [2.75, 3.05) is 12.0 Å². The molecule has 20 heavy (non-hydrogen) atoms. The first-order valence-corrected chi connectivity index (χ1v) is 6.60. The monoisotopic (exact) mass is 269 g/mol. The lowest BCUT2D eigenvalue weighted by molar-refractivity contribution is 0.0955. The fraction of sp³-hybridized carbons (Fsp3) is 0.188. The molecule has 0 saturated heterocycles. The number of rotatable bonds is 5. The van der Waals surface area contributed by atoms with E-state index in [0.29, 0.717) is 17.8 Å². The van der Waals surface area contributed by atoms with Crippen LogP contribution in [0.25, 0.3) is 0 Å². The van der Waals surface area contributed by atoms with Gasteiger partial charge >= 0.3 is 0 Å². The number of aryl methyl sites for hydroxylation is 1. The van der Waals surface area contributed by atoms with Gasteiger partial charge in [-0.3, -0.25) is 10.6 Å². The molecule has 0 bridgehead atoms. The molecule has 1 amide bonds. The molecule has 2 aromatic carbocycles. The Balaban J connectivity index is 1.97. The third-order valence-corrected chi connectivity index (χ3v) is 3.12. The first-order valence-electron chi connectivity index (χ1n) is 6.60. The van der Waals surface area contributed by atoms with Crippen molar-refractivity contribution in [1.29, 1.82) is 0 Å². The molecule has 0 aliphatic heterocycles. The molecule has 0 unspecified atom stereocenters. The Bertz CT molecular complexity index is 582. The van der Waals surface area contributed by atoms with E-state index in [9.17, 15) is 4.79 Å². The molecule has 0 aliphatic carbocycles. The molecule has 0 saturated carbocycles. The van der Waals surface area contributed by atoms with Crippen LogP contribution in [0.4, 0.5) is 5.69 Å². The minimum absolute atomic E-state index is 0.113. The first kappa shape index (κ1) is 14.1. The molecule has 104 valence electrons. The third-order valence-electron chi connectivity index (χ3n) is 3.12. The maximum Gasteiger partial charge on any atom is 0.253 e. The van der Waals surface area contributed by atoms with Gasteiger partial charge in [0.05, 0.1) is 11.3 Å². The number of carbonyl (C=O) groups excluding carboxylic acids is 1. The van der Waals surface area contributed by atoms with E-state index in [2.05, 4.69) is 10.7 Å². The Morgan fingerprint density at radius 3 is 2.60 bits per heavy atom. The normalized spacial score (nSPS) is 10.1. The highest BCUT2D eigenvalue weighted by Crippen LogP contribution is 2.16. The predicted octanol–water partition coefficient (Wildman–Crippen LogP) is 2.25. The van der Waals surface area contributed by atoms with E-state index in [1.165, 1.54) is 5.56 Å². The average Bonchev–Trinajstić information content (AvgIpc) is 2.48. The summed E-state index contributed by atoms with van der Waals surface area (Å²) >= 11 is 0. The van der Waals surface area contributed by atoms with Gasteiger partial charge in [-0.2, -0.15) is 0 Å². The smallest absolute Gasteiger partial charge is 0.253 e. The molecule has 4 heteroatoms. The van der Waals surface area contributed by atoms with Crippen LogP contribution in [0.1, 0.15) is 21.5 Å². The van der Waals surface area contributed by atoms with E-state index in [1.54, 1.807) is 6.07 Å². The molecule has 0 atom stereocenters. The molecule has 0 aromatic heterocycles. The fourth-order valence-electron chi connectivity index (χ4n) is 2.03.